The van der Waals surface area contributed by atoms with Crippen LogP contribution in [0.2, 0.25) is 0 Å². The molecule has 4 aliphatic heterocycles. The topological polar surface area (TPSA) is 188 Å². The molecule has 12 heteroatoms. The Morgan fingerprint density at radius 1 is 0.979 bits per heavy atom. The average Bonchev–Trinajstić information content (AvgIpc) is 3.64. The van der Waals surface area contributed by atoms with Crippen molar-refractivity contribution in [3.63, 3.8) is 0 Å². The van der Waals surface area contributed by atoms with E-state index < -0.39 is 79.2 Å². The van der Waals surface area contributed by atoms with Crippen molar-refractivity contribution >= 4 is 0 Å². The fourth-order valence-corrected chi connectivity index (χ4v) is 11.5. The number of ether oxygens (including phenoxy) is 5. The van der Waals surface area contributed by atoms with E-state index in [0.717, 1.165) is 25.7 Å². The van der Waals surface area contributed by atoms with Crippen LogP contribution in [0.15, 0.2) is 23.3 Å². The van der Waals surface area contributed by atoms with E-state index in [1.165, 1.54) is 11.1 Å². The van der Waals surface area contributed by atoms with Crippen LogP contribution in [-0.4, -0.2) is 122 Å². The molecule has 0 aromatic heterocycles. The van der Waals surface area contributed by atoms with Gasteiger partial charge in [-0.3, -0.25) is 0 Å². The molecule has 6 fully saturated rings. The lowest BCUT2D eigenvalue weighted by Crippen LogP contribution is -2.60. The maximum Gasteiger partial charge on any atom is 0.197 e. The second-order valence-corrected chi connectivity index (χ2v) is 16.5. The number of fused-ring (bicyclic) bond motifs is 8. The molecule has 12 nitrogen and oxygen atoms in total. The monoisotopic (exact) mass is 664 g/mol. The molecule has 0 amide bonds. The van der Waals surface area contributed by atoms with E-state index in [1.54, 1.807) is 6.92 Å². The van der Waals surface area contributed by atoms with Crippen molar-refractivity contribution in [2.75, 3.05) is 13.2 Å². The first-order chi connectivity index (χ1) is 22.2. The molecule has 19 atom stereocenters. The molecule has 4 aliphatic carbocycles. The molecule has 2 saturated carbocycles. The number of rotatable bonds is 4. The van der Waals surface area contributed by atoms with Gasteiger partial charge in [0.25, 0.3) is 0 Å². The highest BCUT2D eigenvalue weighted by Crippen LogP contribution is 2.67. The van der Waals surface area contributed by atoms with Gasteiger partial charge in [-0.15, -0.1) is 0 Å². The van der Waals surface area contributed by atoms with Crippen molar-refractivity contribution in [3.8, 4) is 0 Å². The predicted octanol–water partition coefficient (Wildman–Crippen LogP) is 0.487. The molecule has 0 radical (unpaired) electrons. The highest BCUT2D eigenvalue weighted by Gasteiger charge is 2.76. The van der Waals surface area contributed by atoms with Gasteiger partial charge in [-0.05, 0) is 79.3 Å². The third-order valence-corrected chi connectivity index (χ3v) is 14.3. The summed E-state index contributed by atoms with van der Waals surface area (Å²) < 4.78 is 30.3. The highest BCUT2D eigenvalue weighted by molar-refractivity contribution is 5.47. The van der Waals surface area contributed by atoms with Gasteiger partial charge in [0.2, 0.25) is 0 Å². The smallest absolute Gasteiger partial charge is 0.197 e. The van der Waals surface area contributed by atoms with E-state index in [-0.39, 0.29) is 40.6 Å². The van der Waals surface area contributed by atoms with Crippen molar-refractivity contribution in [3.05, 3.63) is 23.3 Å². The van der Waals surface area contributed by atoms with Crippen LogP contribution in [-0.2, 0) is 23.7 Å². The van der Waals surface area contributed by atoms with Crippen LogP contribution in [0.25, 0.3) is 0 Å². The number of hydrogen-bond donors (Lipinski definition) is 7. The molecule has 8 aliphatic rings. The van der Waals surface area contributed by atoms with E-state index in [2.05, 4.69) is 26.0 Å². The van der Waals surface area contributed by atoms with Crippen LogP contribution >= 0.6 is 0 Å². The quantitative estimate of drug-likeness (QED) is 0.221. The summed E-state index contributed by atoms with van der Waals surface area (Å²) in [7, 11) is 0. The van der Waals surface area contributed by atoms with Gasteiger partial charge in [-0.1, -0.05) is 32.9 Å². The molecule has 0 bridgehead atoms. The lowest BCUT2D eigenvalue weighted by Gasteiger charge is -2.54. The molecule has 4 heterocycles. The average molecular weight is 665 g/mol. The van der Waals surface area contributed by atoms with Gasteiger partial charge in [0.05, 0.1) is 31.5 Å². The van der Waals surface area contributed by atoms with E-state index in [1.807, 2.05) is 6.92 Å². The zero-order chi connectivity index (χ0) is 33.4. The molecule has 264 valence electrons. The minimum Gasteiger partial charge on any atom is -0.394 e. The van der Waals surface area contributed by atoms with Crippen molar-refractivity contribution in [2.45, 2.75) is 139 Å². The van der Waals surface area contributed by atoms with E-state index >= 15 is 0 Å². The van der Waals surface area contributed by atoms with E-state index in [9.17, 15) is 35.7 Å². The molecule has 0 spiro atoms. The van der Waals surface area contributed by atoms with Gasteiger partial charge in [0.15, 0.2) is 24.0 Å². The van der Waals surface area contributed by atoms with Crippen LogP contribution in [0, 0.1) is 40.4 Å². The first-order valence-corrected chi connectivity index (χ1v) is 17.6. The number of aliphatic hydroxyl groups excluding tert-OH is 6. The van der Waals surface area contributed by atoms with Gasteiger partial charge in [-0.25, -0.2) is 0 Å². The van der Waals surface area contributed by atoms with Gasteiger partial charge < -0.3 is 59.4 Å². The zero-order valence-corrected chi connectivity index (χ0v) is 27.6. The largest absolute Gasteiger partial charge is 0.394 e. The third-order valence-electron chi connectivity index (χ3n) is 14.3. The number of allylic oxidation sites excluding steroid dienone is 4. The molecule has 8 rings (SSSR count). The molecular formula is C35H52O12. The predicted molar refractivity (Wildman–Crippen MR) is 163 cm³/mol. The van der Waals surface area contributed by atoms with Crippen LogP contribution in [0.4, 0.5) is 0 Å². The Morgan fingerprint density at radius 3 is 2.49 bits per heavy atom. The van der Waals surface area contributed by atoms with Gasteiger partial charge >= 0.3 is 0 Å². The van der Waals surface area contributed by atoms with Crippen molar-refractivity contribution in [1.29, 1.82) is 0 Å². The Kier molecular flexibility index (Phi) is 7.76. The molecular weight excluding hydrogens is 612 g/mol. The number of hydrogen-bond acceptors (Lipinski definition) is 12. The molecule has 8 unspecified atom stereocenters. The Morgan fingerprint density at radius 2 is 1.74 bits per heavy atom. The van der Waals surface area contributed by atoms with Crippen LogP contribution in [0.1, 0.15) is 66.2 Å². The van der Waals surface area contributed by atoms with Crippen molar-refractivity contribution in [2.24, 2.45) is 40.4 Å². The minimum atomic E-state index is -1.47. The van der Waals surface area contributed by atoms with Crippen LogP contribution in [0.3, 0.4) is 0 Å². The van der Waals surface area contributed by atoms with Crippen molar-refractivity contribution in [1.82, 2.24) is 0 Å². The molecule has 0 aromatic rings. The second kappa shape index (κ2) is 11.0. The molecule has 0 aromatic carbocycles. The summed E-state index contributed by atoms with van der Waals surface area (Å²) >= 11 is 0. The first-order valence-electron chi connectivity index (χ1n) is 17.6. The Hall–Kier alpha value is -1.00. The van der Waals surface area contributed by atoms with Crippen molar-refractivity contribution < 1.29 is 59.4 Å². The molecule has 47 heavy (non-hydrogen) atoms. The zero-order valence-electron chi connectivity index (χ0n) is 27.6. The van der Waals surface area contributed by atoms with Crippen LogP contribution in [0.5, 0.6) is 0 Å². The standard InChI is InChI=1S/C35H52O12/c1-15-14-43-34(4)35(15,42)29-28(47-34)23(30(41)46-29)24-21(37)12-20-18-6-5-16-11-17(7-9-32(16,2)19(18)8-10-33(20,24)3)44-31-27(40)26(39)25(38)22(13-36)45-31/h6,8,15-17,20-31,36-42H,5,7,9-14H2,1-4H3/t15?,16?,17?,20-,21?,22+,23-,24+,25+,26-,27+,28?,29?,30?,31+,32-,33-,34?,35+/m0/s1. The summed E-state index contributed by atoms with van der Waals surface area (Å²) in [5, 5.41) is 75.4. The first kappa shape index (κ1) is 33.2. The van der Waals surface area contributed by atoms with Crippen LogP contribution < -0.4 is 0 Å². The number of aliphatic hydroxyl groups is 7. The third kappa shape index (κ3) is 4.37. The lowest BCUT2D eigenvalue weighted by molar-refractivity contribution is -0.314. The Balaban J connectivity index is 1.01. The summed E-state index contributed by atoms with van der Waals surface area (Å²) in [5.74, 6) is -1.94. The Labute approximate surface area is 275 Å². The fraction of sp³-hybridized carbons (Fsp3) is 0.886. The normalized spacial score (nSPS) is 59.9. The van der Waals surface area contributed by atoms with Gasteiger partial charge in [0, 0.05) is 17.8 Å². The molecule has 7 N–H and O–H groups in total. The molecule has 4 saturated heterocycles. The summed E-state index contributed by atoms with van der Waals surface area (Å²) in [6, 6.07) is 0. The summed E-state index contributed by atoms with van der Waals surface area (Å²) in [6.45, 7) is 8.04. The summed E-state index contributed by atoms with van der Waals surface area (Å²) in [6.07, 6.45) is -0.795. The van der Waals surface area contributed by atoms with E-state index in [4.69, 9.17) is 23.7 Å². The fourth-order valence-electron chi connectivity index (χ4n) is 11.5. The second-order valence-electron chi connectivity index (χ2n) is 16.5. The highest BCUT2D eigenvalue weighted by atomic mass is 16.8. The van der Waals surface area contributed by atoms with Gasteiger partial charge in [0.1, 0.15) is 30.5 Å². The SMILES string of the molecule is CC1COC2(C)OC3C(OC(O)[C@H]3[C@H]3C(O)C[C@H]4C5=CCC6CC(O[C@@H]7O[C@H](CO)[C@@H](O)[C@H](O)[C@H]7O)CC[C@]6(C)C5=CC[C@]34C)[C@]12O. The minimum absolute atomic E-state index is 0.0874. The van der Waals surface area contributed by atoms with Gasteiger partial charge in [-0.2, -0.15) is 0 Å². The maximum atomic E-state index is 11.8. The van der Waals surface area contributed by atoms with E-state index in [0.29, 0.717) is 19.4 Å². The summed E-state index contributed by atoms with van der Waals surface area (Å²) in [5.41, 5.74) is 0.749. The Bertz CT molecular complexity index is 1320. The maximum absolute atomic E-state index is 11.8. The lowest BCUT2D eigenvalue weighted by atomic mass is 9.51. The summed E-state index contributed by atoms with van der Waals surface area (Å²) in [4.78, 5) is 0.